The largest absolute Gasteiger partial charge is 0.385 e. The van der Waals surface area contributed by atoms with Crippen molar-refractivity contribution in [2.75, 3.05) is 18.8 Å². The molecular weight excluding hydrogens is 450 g/mol. The monoisotopic (exact) mass is 477 g/mol. The molecule has 1 amide bonds. The number of amides is 1. The molecule has 0 saturated carbocycles. The Labute approximate surface area is 192 Å². The van der Waals surface area contributed by atoms with Gasteiger partial charge in [0.05, 0.1) is 9.92 Å². The van der Waals surface area contributed by atoms with Gasteiger partial charge in [-0.05, 0) is 55.5 Å². The number of aromatic nitrogens is 2. The summed E-state index contributed by atoms with van der Waals surface area (Å²) in [6, 6.07) is 7.38. The van der Waals surface area contributed by atoms with E-state index in [1.807, 2.05) is 12.3 Å². The summed E-state index contributed by atoms with van der Waals surface area (Å²) in [6.45, 7) is 3.86. The van der Waals surface area contributed by atoms with Gasteiger partial charge in [-0.2, -0.15) is 4.72 Å². The van der Waals surface area contributed by atoms with Crippen LogP contribution in [-0.2, 0) is 21.4 Å². The molecule has 3 heterocycles. The molecule has 1 unspecified atom stereocenters. The molecule has 0 spiro atoms. The van der Waals surface area contributed by atoms with Gasteiger partial charge in [0.25, 0.3) is 0 Å². The van der Waals surface area contributed by atoms with Crippen molar-refractivity contribution in [3.05, 3.63) is 47.7 Å². The Morgan fingerprint density at radius 1 is 1.31 bits per heavy atom. The molecule has 32 heavy (non-hydrogen) atoms. The van der Waals surface area contributed by atoms with Crippen molar-refractivity contribution in [2.45, 2.75) is 43.7 Å². The van der Waals surface area contributed by atoms with Gasteiger partial charge in [-0.25, -0.2) is 8.42 Å². The Balaban J connectivity index is 1.57. The number of aryl methyl sites for hydroxylation is 1. The number of nitrogens with one attached hydrogen (secondary N) is 2. The minimum atomic E-state index is -3.94. The third-order valence-corrected chi connectivity index (χ3v) is 7.91. The SMILES string of the molecule is CC1CCN(C(=O)C(CCn2cccc2N)NS(=O)(=O)c2ccc3c(Cl)c[nH]c3c2)CC1. The highest BCUT2D eigenvalue weighted by Crippen LogP contribution is 2.26. The van der Waals surface area contributed by atoms with Gasteiger partial charge < -0.3 is 20.2 Å². The fourth-order valence-corrected chi connectivity index (χ4v) is 5.54. The Kier molecular flexibility index (Phi) is 6.50. The summed E-state index contributed by atoms with van der Waals surface area (Å²) in [5.41, 5.74) is 6.57. The summed E-state index contributed by atoms with van der Waals surface area (Å²) in [4.78, 5) is 18.1. The second kappa shape index (κ2) is 9.17. The summed E-state index contributed by atoms with van der Waals surface area (Å²) in [7, 11) is -3.94. The first-order valence-electron chi connectivity index (χ1n) is 10.7. The predicted molar refractivity (Wildman–Crippen MR) is 126 cm³/mol. The summed E-state index contributed by atoms with van der Waals surface area (Å²) < 4.78 is 30.9. The molecule has 4 rings (SSSR count). The molecule has 0 radical (unpaired) electrons. The molecule has 2 aromatic heterocycles. The number of H-pyrrole nitrogens is 1. The maximum atomic E-state index is 13.3. The van der Waals surface area contributed by atoms with Crippen LogP contribution in [-0.4, -0.2) is 47.9 Å². The van der Waals surface area contributed by atoms with Crippen LogP contribution in [0.4, 0.5) is 5.82 Å². The number of benzene rings is 1. The molecule has 1 aromatic carbocycles. The molecule has 1 fully saturated rings. The molecule has 10 heteroatoms. The lowest BCUT2D eigenvalue weighted by molar-refractivity contribution is -0.134. The number of piperidine rings is 1. The van der Waals surface area contributed by atoms with Gasteiger partial charge >= 0.3 is 0 Å². The van der Waals surface area contributed by atoms with Crippen LogP contribution in [0.1, 0.15) is 26.2 Å². The van der Waals surface area contributed by atoms with Crippen LogP contribution in [0, 0.1) is 5.92 Å². The molecule has 3 aromatic rings. The van der Waals surface area contributed by atoms with Crippen LogP contribution in [0.15, 0.2) is 47.6 Å². The van der Waals surface area contributed by atoms with Crippen molar-refractivity contribution in [3.63, 3.8) is 0 Å². The van der Waals surface area contributed by atoms with E-state index >= 15 is 0 Å². The number of nitrogens with zero attached hydrogens (tertiary/aromatic N) is 2. The first-order valence-corrected chi connectivity index (χ1v) is 12.6. The standard InChI is InChI=1S/C22H28ClN5O3S/c1-15-6-10-28(11-7-15)22(29)19(8-12-27-9-2-3-21(27)24)26-32(30,31)16-4-5-17-18(23)14-25-20(17)13-16/h2-5,9,13-15,19,25-26H,6-8,10-12,24H2,1H3. The van der Waals surface area contributed by atoms with E-state index in [-0.39, 0.29) is 10.8 Å². The number of fused-ring (bicyclic) bond motifs is 1. The number of halogens is 1. The Morgan fingerprint density at radius 3 is 2.75 bits per heavy atom. The van der Waals surface area contributed by atoms with Crippen molar-refractivity contribution >= 4 is 44.3 Å². The highest BCUT2D eigenvalue weighted by molar-refractivity contribution is 7.89. The second-order valence-electron chi connectivity index (χ2n) is 8.44. The summed E-state index contributed by atoms with van der Waals surface area (Å²) in [6.07, 6.45) is 5.55. The first-order chi connectivity index (χ1) is 15.2. The van der Waals surface area contributed by atoms with E-state index in [1.54, 1.807) is 27.8 Å². The fourth-order valence-electron chi connectivity index (χ4n) is 4.07. The highest BCUT2D eigenvalue weighted by atomic mass is 35.5. The van der Waals surface area contributed by atoms with Crippen molar-refractivity contribution in [3.8, 4) is 0 Å². The third kappa shape index (κ3) is 4.79. The van der Waals surface area contributed by atoms with Gasteiger partial charge in [0.1, 0.15) is 11.9 Å². The van der Waals surface area contributed by atoms with Crippen molar-refractivity contribution < 1.29 is 13.2 Å². The normalized spacial score (nSPS) is 16.5. The van der Waals surface area contributed by atoms with Crippen molar-refractivity contribution in [1.82, 2.24) is 19.2 Å². The molecule has 1 aliphatic rings. The van der Waals surface area contributed by atoms with Gasteiger partial charge in [-0.1, -0.05) is 18.5 Å². The van der Waals surface area contributed by atoms with Crippen molar-refractivity contribution in [2.24, 2.45) is 5.92 Å². The third-order valence-electron chi connectivity index (χ3n) is 6.13. The number of nitrogens with two attached hydrogens (primary N) is 1. The second-order valence-corrected chi connectivity index (χ2v) is 10.6. The molecular formula is C22H28ClN5O3S. The maximum Gasteiger partial charge on any atom is 0.241 e. The number of anilines is 1. The number of sulfonamides is 1. The van der Waals surface area contributed by atoms with E-state index < -0.39 is 16.1 Å². The Hall–Kier alpha value is -2.49. The van der Waals surface area contributed by atoms with Crippen LogP contribution in [0.5, 0.6) is 0 Å². The van der Waals surface area contributed by atoms with Gasteiger partial charge in [0.2, 0.25) is 15.9 Å². The number of aromatic amines is 1. The van der Waals surface area contributed by atoms with Crippen LogP contribution in [0.2, 0.25) is 5.02 Å². The average Bonchev–Trinajstić information content (AvgIpc) is 3.36. The minimum absolute atomic E-state index is 0.0778. The summed E-state index contributed by atoms with van der Waals surface area (Å²) in [5, 5.41) is 1.26. The zero-order valence-corrected chi connectivity index (χ0v) is 19.5. The number of hydrogen-bond donors (Lipinski definition) is 3. The molecule has 1 atom stereocenters. The maximum absolute atomic E-state index is 13.3. The van der Waals surface area contributed by atoms with Crippen molar-refractivity contribution in [1.29, 1.82) is 0 Å². The van der Waals surface area contributed by atoms with Gasteiger partial charge in [0.15, 0.2) is 0 Å². The molecule has 0 bridgehead atoms. The van der Waals surface area contributed by atoms with E-state index in [0.717, 1.165) is 18.2 Å². The number of carbonyl (C=O) groups is 1. The highest BCUT2D eigenvalue weighted by Gasteiger charge is 2.31. The zero-order valence-electron chi connectivity index (χ0n) is 17.9. The lowest BCUT2D eigenvalue weighted by Gasteiger charge is -2.33. The number of nitrogen functional groups attached to an aromatic ring is 1. The Bertz CT molecular complexity index is 1210. The Morgan fingerprint density at radius 2 is 2.06 bits per heavy atom. The van der Waals surface area contributed by atoms with E-state index in [4.69, 9.17) is 17.3 Å². The smallest absolute Gasteiger partial charge is 0.241 e. The predicted octanol–water partition coefficient (Wildman–Crippen LogP) is 3.20. The number of carbonyl (C=O) groups excluding carboxylic acids is 1. The average molecular weight is 478 g/mol. The fraction of sp³-hybridized carbons (Fsp3) is 0.409. The molecule has 8 nitrogen and oxygen atoms in total. The van der Waals surface area contributed by atoms with E-state index in [1.165, 1.54) is 12.1 Å². The summed E-state index contributed by atoms with van der Waals surface area (Å²) >= 11 is 6.11. The van der Waals surface area contributed by atoms with Gasteiger partial charge in [0, 0.05) is 42.9 Å². The topological polar surface area (TPSA) is 113 Å². The van der Waals surface area contributed by atoms with Crippen LogP contribution < -0.4 is 10.5 Å². The van der Waals surface area contributed by atoms with Crippen LogP contribution in [0.3, 0.4) is 0 Å². The molecule has 1 aliphatic heterocycles. The first kappa shape index (κ1) is 22.7. The van der Waals surface area contributed by atoms with Gasteiger partial charge in [-0.3, -0.25) is 4.79 Å². The minimum Gasteiger partial charge on any atom is -0.385 e. The molecule has 4 N–H and O–H groups in total. The molecule has 0 aliphatic carbocycles. The molecule has 172 valence electrons. The zero-order chi connectivity index (χ0) is 22.9. The lowest BCUT2D eigenvalue weighted by atomic mass is 9.98. The van der Waals surface area contributed by atoms with E-state index in [0.29, 0.717) is 48.3 Å². The quantitative estimate of drug-likeness (QED) is 0.484. The number of likely N-dealkylation sites (tertiary alicyclic amines) is 1. The lowest BCUT2D eigenvalue weighted by Crippen LogP contribution is -2.50. The summed E-state index contributed by atoms with van der Waals surface area (Å²) in [5.74, 6) is 0.934. The van der Waals surface area contributed by atoms with E-state index in [9.17, 15) is 13.2 Å². The molecule has 1 saturated heterocycles. The van der Waals surface area contributed by atoms with Crippen LogP contribution >= 0.6 is 11.6 Å². The number of hydrogen-bond acceptors (Lipinski definition) is 4. The number of rotatable bonds is 7. The van der Waals surface area contributed by atoms with E-state index in [2.05, 4.69) is 16.6 Å². The van der Waals surface area contributed by atoms with Gasteiger partial charge in [-0.15, -0.1) is 0 Å². The van der Waals surface area contributed by atoms with Crippen LogP contribution in [0.25, 0.3) is 10.9 Å².